The van der Waals surface area contributed by atoms with Gasteiger partial charge in [-0.3, -0.25) is 13.6 Å². The van der Waals surface area contributed by atoms with E-state index in [1.165, 1.54) is 21.3 Å². The van der Waals surface area contributed by atoms with Gasteiger partial charge in [0.2, 0.25) is 0 Å². The highest BCUT2D eigenvalue weighted by molar-refractivity contribution is 7.48. The van der Waals surface area contributed by atoms with E-state index in [-0.39, 0.29) is 6.79 Å². The van der Waals surface area contributed by atoms with Crippen LogP contribution in [0.4, 0.5) is 0 Å². The monoisotopic (exact) mass is 170 g/mol. The Kier molecular flexibility index (Phi) is 4.85. The Hall–Kier alpha value is 0.0700. The van der Waals surface area contributed by atoms with E-state index < -0.39 is 7.82 Å². The molecule has 0 amide bonds. The van der Waals surface area contributed by atoms with Gasteiger partial charge in [0.25, 0.3) is 0 Å². The van der Waals surface area contributed by atoms with Gasteiger partial charge >= 0.3 is 7.82 Å². The smallest absolute Gasteiger partial charge is 0.358 e. The zero-order valence-electron chi connectivity index (χ0n) is 6.20. The van der Waals surface area contributed by atoms with E-state index in [2.05, 4.69) is 18.3 Å². The molecule has 0 aromatic heterocycles. The molecule has 0 atom stereocenters. The van der Waals surface area contributed by atoms with Crippen LogP contribution in [-0.2, 0) is 22.9 Å². The normalized spacial score (nSPS) is 11.9. The lowest BCUT2D eigenvalue weighted by Gasteiger charge is -2.11. The van der Waals surface area contributed by atoms with Gasteiger partial charge in [-0.05, 0) is 0 Å². The first kappa shape index (κ1) is 10.1. The van der Waals surface area contributed by atoms with Crippen molar-refractivity contribution in [1.82, 2.24) is 0 Å². The van der Waals surface area contributed by atoms with E-state index in [1.807, 2.05) is 0 Å². The molecule has 0 bridgehead atoms. The van der Waals surface area contributed by atoms with Crippen LogP contribution in [0.1, 0.15) is 0 Å². The first-order chi connectivity index (χ1) is 4.68. The Balaban J connectivity index is 3.70. The zero-order valence-corrected chi connectivity index (χ0v) is 7.09. The predicted molar refractivity (Wildman–Crippen MR) is 34.6 cm³/mol. The lowest BCUT2D eigenvalue weighted by Crippen LogP contribution is -1.97. The molecule has 0 heterocycles. The summed E-state index contributed by atoms with van der Waals surface area (Å²) in [6.07, 6.45) is 0. The van der Waals surface area contributed by atoms with Gasteiger partial charge < -0.3 is 4.74 Å². The summed E-state index contributed by atoms with van der Waals surface area (Å²) in [7, 11) is 0.562. The lowest BCUT2D eigenvalue weighted by atomic mass is 11.4. The van der Waals surface area contributed by atoms with Crippen molar-refractivity contribution in [2.24, 2.45) is 0 Å². The molecule has 0 saturated heterocycles. The number of hydrogen-bond acceptors (Lipinski definition) is 5. The molecule has 5 nitrogen and oxygen atoms in total. The van der Waals surface area contributed by atoms with Gasteiger partial charge in [-0.2, -0.15) is 0 Å². The van der Waals surface area contributed by atoms with Crippen LogP contribution in [0.2, 0.25) is 0 Å². The first-order valence-electron chi connectivity index (χ1n) is 2.53. The molecule has 0 rings (SSSR count). The molecule has 0 saturated carbocycles. The van der Waals surface area contributed by atoms with Crippen molar-refractivity contribution >= 4 is 7.82 Å². The van der Waals surface area contributed by atoms with E-state index in [4.69, 9.17) is 0 Å². The van der Waals surface area contributed by atoms with Crippen molar-refractivity contribution in [3.05, 3.63) is 0 Å². The maximum Gasteiger partial charge on any atom is 0.476 e. The summed E-state index contributed by atoms with van der Waals surface area (Å²) in [5.41, 5.74) is 0. The van der Waals surface area contributed by atoms with Crippen molar-refractivity contribution < 1.29 is 22.9 Å². The second-order valence-electron chi connectivity index (χ2n) is 1.35. The third-order valence-electron chi connectivity index (χ3n) is 0.776. The van der Waals surface area contributed by atoms with E-state index in [0.29, 0.717) is 0 Å². The summed E-state index contributed by atoms with van der Waals surface area (Å²) >= 11 is 0. The lowest BCUT2D eigenvalue weighted by molar-refractivity contribution is 0.0193. The summed E-state index contributed by atoms with van der Waals surface area (Å²) in [6, 6.07) is 0. The molecule has 0 aliphatic rings. The van der Waals surface area contributed by atoms with E-state index >= 15 is 0 Å². The number of rotatable bonds is 5. The highest BCUT2D eigenvalue weighted by Gasteiger charge is 2.21. The molecule has 0 aromatic carbocycles. The standard InChI is InChI=1S/C4H11O5P/c1-6-4-9-10(5,7-2)8-3/h4H2,1-3H3. The number of hydrogen-bond donors (Lipinski definition) is 0. The second-order valence-corrected chi connectivity index (χ2v) is 3.23. The molecular formula is C4H11O5P. The second kappa shape index (κ2) is 4.82. The summed E-state index contributed by atoms with van der Waals surface area (Å²) in [4.78, 5) is 0. The summed E-state index contributed by atoms with van der Waals surface area (Å²) in [5.74, 6) is 0. The van der Waals surface area contributed by atoms with Crippen molar-refractivity contribution in [1.29, 1.82) is 0 Å². The molecule has 0 unspecified atom stereocenters. The minimum absolute atomic E-state index is 0.112. The van der Waals surface area contributed by atoms with Crippen molar-refractivity contribution in [3.8, 4) is 0 Å². The largest absolute Gasteiger partial charge is 0.476 e. The zero-order chi connectivity index (χ0) is 8.04. The third kappa shape index (κ3) is 3.29. The summed E-state index contributed by atoms with van der Waals surface area (Å²) < 4.78 is 28.9. The Morgan fingerprint density at radius 2 is 1.70 bits per heavy atom. The van der Waals surface area contributed by atoms with Gasteiger partial charge in [0.1, 0.15) is 0 Å². The maximum absolute atomic E-state index is 11.0. The number of ether oxygens (including phenoxy) is 1. The average Bonchev–Trinajstić information content (AvgIpc) is 2.00. The first-order valence-corrected chi connectivity index (χ1v) is 3.99. The van der Waals surface area contributed by atoms with E-state index in [0.717, 1.165) is 0 Å². The molecule has 0 radical (unpaired) electrons. The van der Waals surface area contributed by atoms with Gasteiger partial charge in [-0.15, -0.1) is 0 Å². The molecule has 62 valence electrons. The highest BCUT2D eigenvalue weighted by atomic mass is 31.2. The fourth-order valence-electron chi connectivity index (χ4n) is 0.297. The highest BCUT2D eigenvalue weighted by Crippen LogP contribution is 2.47. The Morgan fingerprint density at radius 3 is 2.00 bits per heavy atom. The number of methoxy groups -OCH3 is 1. The number of phosphoric acid groups is 1. The Morgan fingerprint density at radius 1 is 1.20 bits per heavy atom. The van der Waals surface area contributed by atoms with Crippen LogP contribution in [0, 0.1) is 0 Å². The maximum atomic E-state index is 11.0. The molecule has 0 aliphatic carbocycles. The van der Waals surface area contributed by atoms with Crippen LogP contribution < -0.4 is 0 Å². The molecule has 0 aromatic rings. The molecule has 0 aliphatic heterocycles. The van der Waals surface area contributed by atoms with Crippen molar-refractivity contribution in [3.63, 3.8) is 0 Å². The Bertz CT molecular complexity index is 117. The van der Waals surface area contributed by atoms with Crippen LogP contribution >= 0.6 is 7.82 Å². The van der Waals surface area contributed by atoms with Gasteiger partial charge in [0, 0.05) is 21.3 Å². The summed E-state index contributed by atoms with van der Waals surface area (Å²) in [5, 5.41) is 0. The Labute approximate surface area is 59.8 Å². The van der Waals surface area contributed by atoms with Gasteiger partial charge in [-0.25, -0.2) is 4.57 Å². The fourth-order valence-corrected chi connectivity index (χ4v) is 0.892. The van der Waals surface area contributed by atoms with Gasteiger partial charge in [0.15, 0.2) is 6.79 Å². The van der Waals surface area contributed by atoms with Gasteiger partial charge in [0.05, 0.1) is 0 Å². The molecular weight excluding hydrogens is 159 g/mol. The predicted octanol–water partition coefficient (Wildman–Crippen LogP) is 1.01. The summed E-state index contributed by atoms with van der Waals surface area (Å²) in [6.45, 7) is -0.112. The number of phosphoric ester groups is 1. The minimum Gasteiger partial charge on any atom is -0.358 e. The molecule has 6 heteroatoms. The van der Waals surface area contributed by atoms with Crippen LogP contribution in [0.25, 0.3) is 0 Å². The van der Waals surface area contributed by atoms with E-state index in [1.54, 1.807) is 0 Å². The van der Waals surface area contributed by atoms with Crippen molar-refractivity contribution in [2.75, 3.05) is 28.1 Å². The topological polar surface area (TPSA) is 54.0 Å². The third-order valence-corrected chi connectivity index (χ3v) is 2.09. The average molecular weight is 170 g/mol. The van der Waals surface area contributed by atoms with E-state index in [9.17, 15) is 4.57 Å². The van der Waals surface area contributed by atoms with Crippen LogP contribution in [0.15, 0.2) is 0 Å². The van der Waals surface area contributed by atoms with Crippen LogP contribution in [0.3, 0.4) is 0 Å². The van der Waals surface area contributed by atoms with Gasteiger partial charge in [-0.1, -0.05) is 0 Å². The van der Waals surface area contributed by atoms with Crippen molar-refractivity contribution in [2.45, 2.75) is 0 Å². The minimum atomic E-state index is -3.32. The van der Waals surface area contributed by atoms with Crippen LogP contribution in [0.5, 0.6) is 0 Å². The molecule has 10 heavy (non-hydrogen) atoms. The molecule has 0 fully saturated rings. The van der Waals surface area contributed by atoms with Crippen LogP contribution in [-0.4, -0.2) is 28.1 Å². The molecule has 0 N–H and O–H groups in total. The SMILES string of the molecule is COCOP(=O)(OC)OC. The fraction of sp³-hybridized carbons (Fsp3) is 1.00. The molecule has 0 spiro atoms. The quantitative estimate of drug-likeness (QED) is 0.455.